The van der Waals surface area contributed by atoms with E-state index in [0.29, 0.717) is 19.0 Å². The molecule has 0 spiro atoms. The van der Waals surface area contributed by atoms with Gasteiger partial charge >= 0.3 is 0 Å². The summed E-state index contributed by atoms with van der Waals surface area (Å²) in [7, 11) is 0. The number of aliphatic imine (C=N–C) groups is 1. The number of nitrogens with one attached hydrogen (secondary N) is 3. The molecule has 1 aromatic heterocycles. The first-order valence-electron chi connectivity index (χ1n) is 9.95. The minimum absolute atomic E-state index is 0.379. The molecule has 158 valence electrons. The third kappa shape index (κ3) is 7.12. The Morgan fingerprint density at radius 3 is 2.55 bits per heavy atom. The SMILES string of the molecule is N#C/N=C(\NCCCCN[S+]([O-])c1ccccc1-c1ccccc1)Nc1cccnc1. The summed E-state index contributed by atoms with van der Waals surface area (Å²) in [5.74, 6) is 0.379. The van der Waals surface area contributed by atoms with Gasteiger partial charge in [-0.2, -0.15) is 5.26 Å². The summed E-state index contributed by atoms with van der Waals surface area (Å²) in [6.45, 7) is 1.24. The second kappa shape index (κ2) is 12.3. The molecular weight excluding hydrogens is 408 g/mol. The molecule has 0 saturated carbocycles. The number of aromatic nitrogens is 1. The topological polar surface area (TPSA) is 108 Å². The van der Waals surface area contributed by atoms with Crippen LogP contribution in [0.25, 0.3) is 11.1 Å². The Balaban J connectivity index is 1.43. The van der Waals surface area contributed by atoms with Crippen LogP contribution in [0, 0.1) is 11.5 Å². The van der Waals surface area contributed by atoms with Crippen molar-refractivity contribution in [2.24, 2.45) is 4.99 Å². The molecule has 31 heavy (non-hydrogen) atoms. The highest BCUT2D eigenvalue weighted by Gasteiger charge is 2.16. The van der Waals surface area contributed by atoms with Crippen LogP contribution in [-0.4, -0.2) is 28.6 Å². The normalized spacial score (nSPS) is 12.1. The van der Waals surface area contributed by atoms with Crippen molar-refractivity contribution in [2.75, 3.05) is 18.4 Å². The lowest BCUT2D eigenvalue weighted by Crippen LogP contribution is -2.32. The van der Waals surface area contributed by atoms with Gasteiger partial charge in [-0.3, -0.25) is 4.98 Å². The van der Waals surface area contributed by atoms with E-state index in [9.17, 15) is 4.55 Å². The van der Waals surface area contributed by atoms with Crippen molar-refractivity contribution in [1.82, 2.24) is 15.0 Å². The number of hydrogen-bond acceptors (Lipinski definition) is 5. The number of unbranched alkanes of at least 4 members (excludes halogenated alkanes) is 1. The van der Waals surface area contributed by atoms with Gasteiger partial charge in [-0.05, 0) is 42.7 Å². The molecule has 0 amide bonds. The molecule has 7 nitrogen and oxygen atoms in total. The summed E-state index contributed by atoms with van der Waals surface area (Å²) in [6, 6.07) is 21.3. The van der Waals surface area contributed by atoms with Crippen molar-refractivity contribution in [3.63, 3.8) is 0 Å². The number of anilines is 1. The summed E-state index contributed by atoms with van der Waals surface area (Å²) in [4.78, 5) is 8.55. The molecule has 3 aromatic rings. The molecule has 0 fully saturated rings. The zero-order chi connectivity index (χ0) is 21.7. The molecule has 1 unspecified atom stereocenters. The Morgan fingerprint density at radius 2 is 1.77 bits per heavy atom. The van der Waals surface area contributed by atoms with Crippen molar-refractivity contribution in [1.29, 1.82) is 5.26 Å². The molecule has 0 radical (unpaired) electrons. The number of nitrogens with zero attached hydrogens (tertiary/aromatic N) is 3. The van der Waals surface area contributed by atoms with E-state index in [1.54, 1.807) is 24.7 Å². The summed E-state index contributed by atoms with van der Waals surface area (Å²) in [5.41, 5.74) is 2.76. The third-order valence-electron chi connectivity index (χ3n) is 4.39. The van der Waals surface area contributed by atoms with Crippen LogP contribution in [0.15, 0.2) is 89.0 Å². The number of nitriles is 1. The van der Waals surface area contributed by atoms with Gasteiger partial charge in [0.2, 0.25) is 12.2 Å². The fourth-order valence-corrected chi connectivity index (χ4v) is 3.99. The molecule has 1 atom stereocenters. The van der Waals surface area contributed by atoms with Crippen LogP contribution in [0.5, 0.6) is 0 Å². The summed E-state index contributed by atoms with van der Waals surface area (Å²) >= 11 is -1.30. The van der Waals surface area contributed by atoms with Crippen molar-refractivity contribution in [3.8, 4) is 17.3 Å². The zero-order valence-electron chi connectivity index (χ0n) is 17.0. The van der Waals surface area contributed by atoms with Crippen molar-refractivity contribution < 1.29 is 4.55 Å². The maximum Gasteiger partial charge on any atom is 0.211 e. The third-order valence-corrected chi connectivity index (χ3v) is 5.61. The Morgan fingerprint density at radius 1 is 1.00 bits per heavy atom. The number of guanidine groups is 1. The number of pyridine rings is 1. The minimum atomic E-state index is -1.30. The van der Waals surface area contributed by atoms with E-state index in [2.05, 4.69) is 25.3 Å². The number of rotatable bonds is 9. The Bertz CT molecular complexity index is 1010. The first-order chi connectivity index (χ1) is 15.3. The van der Waals surface area contributed by atoms with Gasteiger partial charge in [0.25, 0.3) is 0 Å². The molecule has 0 aliphatic rings. The van der Waals surface area contributed by atoms with Gasteiger partial charge in [0.05, 0.1) is 23.2 Å². The lowest BCUT2D eigenvalue weighted by molar-refractivity contribution is 0.575. The molecule has 0 aliphatic heterocycles. The van der Waals surface area contributed by atoms with E-state index >= 15 is 0 Å². The molecule has 3 rings (SSSR count). The molecule has 0 saturated heterocycles. The first-order valence-corrected chi connectivity index (χ1v) is 11.1. The molecule has 0 aliphatic carbocycles. The van der Waals surface area contributed by atoms with E-state index in [-0.39, 0.29) is 0 Å². The number of hydrogen-bond donors (Lipinski definition) is 3. The van der Waals surface area contributed by atoms with Gasteiger partial charge in [-0.25, -0.2) is 0 Å². The van der Waals surface area contributed by atoms with Gasteiger partial charge in [-0.15, -0.1) is 9.71 Å². The van der Waals surface area contributed by atoms with E-state index in [4.69, 9.17) is 5.26 Å². The van der Waals surface area contributed by atoms with Gasteiger partial charge in [0, 0.05) is 24.8 Å². The smallest absolute Gasteiger partial charge is 0.211 e. The van der Waals surface area contributed by atoms with E-state index < -0.39 is 11.4 Å². The van der Waals surface area contributed by atoms with Crippen LogP contribution in [0.4, 0.5) is 5.69 Å². The predicted octanol–water partition coefficient (Wildman–Crippen LogP) is 3.68. The second-order valence-electron chi connectivity index (χ2n) is 6.59. The standard InChI is InChI=1S/C23H24N6OS/c24-18-27-23(29-20-11-8-14-25-17-20)26-15-6-7-16-28-31(30)22-13-5-4-12-21(22)19-9-2-1-3-10-19/h1-5,8-14,17,28H,6-7,15-16H2,(H2,26,27,29). The maximum absolute atomic E-state index is 12.8. The molecule has 3 N–H and O–H groups in total. The second-order valence-corrected chi connectivity index (χ2v) is 7.85. The van der Waals surface area contributed by atoms with Crippen LogP contribution >= 0.6 is 0 Å². The summed E-state index contributed by atoms with van der Waals surface area (Å²) in [5, 5.41) is 15.0. The van der Waals surface area contributed by atoms with Gasteiger partial charge in [0.1, 0.15) is 0 Å². The van der Waals surface area contributed by atoms with Gasteiger partial charge in [-0.1, -0.05) is 42.5 Å². The highest BCUT2D eigenvalue weighted by molar-refractivity contribution is 7.89. The first kappa shape index (κ1) is 22.3. The van der Waals surface area contributed by atoms with E-state index in [1.165, 1.54) is 0 Å². The highest BCUT2D eigenvalue weighted by Crippen LogP contribution is 2.26. The van der Waals surface area contributed by atoms with Crippen LogP contribution < -0.4 is 15.4 Å². The van der Waals surface area contributed by atoms with E-state index in [1.807, 2.05) is 60.7 Å². The fraction of sp³-hybridized carbons (Fsp3) is 0.174. The Hall–Kier alpha value is -3.38. The van der Waals surface area contributed by atoms with Crippen LogP contribution in [0.1, 0.15) is 12.8 Å². The Kier molecular flexibility index (Phi) is 8.88. The Labute approximate surface area is 185 Å². The van der Waals surface area contributed by atoms with Crippen LogP contribution in [0.2, 0.25) is 0 Å². The number of benzene rings is 2. The van der Waals surface area contributed by atoms with Gasteiger partial charge in [0.15, 0.2) is 4.90 Å². The largest absolute Gasteiger partial charge is 0.593 e. The maximum atomic E-state index is 12.8. The van der Waals surface area contributed by atoms with E-state index in [0.717, 1.165) is 34.6 Å². The van der Waals surface area contributed by atoms with Crippen LogP contribution in [-0.2, 0) is 11.4 Å². The van der Waals surface area contributed by atoms with Crippen molar-refractivity contribution >= 4 is 23.0 Å². The quantitative estimate of drug-likeness (QED) is 0.156. The fourth-order valence-electron chi connectivity index (χ4n) is 2.92. The average molecular weight is 433 g/mol. The molecule has 8 heteroatoms. The molecule has 1 heterocycles. The molecular formula is C23H24N6OS. The zero-order valence-corrected chi connectivity index (χ0v) is 17.8. The van der Waals surface area contributed by atoms with Crippen molar-refractivity contribution in [3.05, 3.63) is 79.1 Å². The average Bonchev–Trinajstić information content (AvgIpc) is 2.82. The summed E-state index contributed by atoms with van der Waals surface area (Å²) in [6.07, 6.45) is 6.75. The molecule has 0 bridgehead atoms. The van der Waals surface area contributed by atoms with Crippen LogP contribution in [0.3, 0.4) is 0 Å². The monoisotopic (exact) mass is 432 g/mol. The lowest BCUT2D eigenvalue weighted by Gasteiger charge is -2.14. The lowest BCUT2D eigenvalue weighted by atomic mass is 10.1. The minimum Gasteiger partial charge on any atom is -0.593 e. The van der Waals surface area contributed by atoms with Gasteiger partial charge < -0.3 is 15.2 Å². The summed E-state index contributed by atoms with van der Waals surface area (Å²) < 4.78 is 15.9. The molecule has 2 aromatic carbocycles. The van der Waals surface area contributed by atoms with Crippen molar-refractivity contribution in [2.45, 2.75) is 17.7 Å². The predicted molar refractivity (Wildman–Crippen MR) is 124 cm³/mol. The highest BCUT2D eigenvalue weighted by atomic mass is 32.2.